The summed E-state index contributed by atoms with van der Waals surface area (Å²) in [5.41, 5.74) is 2.73. The van der Waals surface area contributed by atoms with Crippen LogP contribution in [0, 0.1) is 17.3 Å². The Morgan fingerprint density at radius 1 is 1.23 bits per heavy atom. The quantitative estimate of drug-likeness (QED) is 0.899. The zero-order chi connectivity index (χ0) is 15.7. The van der Waals surface area contributed by atoms with Crippen molar-refractivity contribution in [3.63, 3.8) is 0 Å². The van der Waals surface area contributed by atoms with Crippen molar-refractivity contribution in [2.45, 2.75) is 51.6 Å². The highest BCUT2D eigenvalue weighted by molar-refractivity contribution is 5.37. The standard InChI is InChI=1S/C19H28O3/c1-19(9-10-20)17(7-8-18(19)21)15-4-3-14-12-16(22-2)6-5-13(14)11-15/h5-6,12,15,17-18,20-21H,3-4,7-11H2,1-2H3/t15?,17-,18+,19-/m0/s1. The van der Waals surface area contributed by atoms with Gasteiger partial charge in [0.1, 0.15) is 5.75 Å². The Morgan fingerprint density at radius 2 is 2.05 bits per heavy atom. The van der Waals surface area contributed by atoms with Crippen LogP contribution < -0.4 is 4.74 Å². The molecule has 0 amide bonds. The molecular formula is C19H28O3. The van der Waals surface area contributed by atoms with Crippen LogP contribution in [0.15, 0.2) is 18.2 Å². The van der Waals surface area contributed by atoms with Crippen LogP contribution in [0.1, 0.15) is 43.7 Å². The molecule has 3 heteroatoms. The van der Waals surface area contributed by atoms with E-state index in [0.717, 1.165) is 31.4 Å². The average Bonchev–Trinajstić information content (AvgIpc) is 2.82. The van der Waals surface area contributed by atoms with E-state index in [1.165, 1.54) is 17.5 Å². The number of aryl methyl sites for hydroxylation is 1. The number of methoxy groups -OCH3 is 1. The smallest absolute Gasteiger partial charge is 0.119 e. The second-order valence-electron chi connectivity index (χ2n) is 7.32. The zero-order valence-electron chi connectivity index (χ0n) is 13.7. The molecule has 0 aromatic heterocycles. The molecule has 2 aliphatic rings. The number of rotatable bonds is 4. The van der Waals surface area contributed by atoms with Gasteiger partial charge in [0.2, 0.25) is 0 Å². The summed E-state index contributed by atoms with van der Waals surface area (Å²) in [5.74, 6) is 2.08. The van der Waals surface area contributed by atoms with E-state index in [4.69, 9.17) is 4.74 Å². The Morgan fingerprint density at radius 3 is 2.77 bits per heavy atom. The first-order valence-electron chi connectivity index (χ1n) is 8.53. The van der Waals surface area contributed by atoms with E-state index in [1.807, 2.05) is 0 Å². The van der Waals surface area contributed by atoms with Crippen molar-refractivity contribution < 1.29 is 14.9 Å². The Hall–Kier alpha value is -1.06. The number of ether oxygens (including phenoxy) is 1. The van der Waals surface area contributed by atoms with E-state index >= 15 is 0 Å². The lowest BCUT2D eigenvalue weighted by Crippen LogP contribution is -2.38. The highest BCUT2D eigenvalue weighted by Crippen LogP contribution is 2.52. The Kier molecular flexibility index (Phi) is 4.47. The van der Waals surface area contributed by atoms with Gasteiger partial charge in [-0.15, -0.1) is 0 Å². The molecule has 3 nitrogen and oxygen atoms in total. The number of fused-ring (bicyclic) bond motifs is 1. The van der Waals surface area contributed by atoms with E-state index in [0.29, 0.717) is 18.3 Å². The molecule has 1 saturated carbocycles. The van der Waals surface area contributed by atoms with Crippen molar-refractivity contribution in [3.8, 4) is 5.75 Å². The monoisotopic (exact) mass is 304 g/mol. The van der Waals surface area contributed by atoms with Crippen molar-refractivity contribution in [3.05, 3.63) is 29.3 Å². The summed E-state index contributed by atoms with van der Waals surface area (Å²) in [6.45, 7) is 2.35. The Bertz CT molecular complexity index is 527. The summed E-state index contributed by atoms with van der Waals surface area (Å²) < 4.78 is 5.33. The molecule has 2 N–H and O–H groups in total. The summed E-state index contributed by atoms with van der Waals surface area (Å²) in [4.78, 5) is 0. The minimum atomic E-state index is -0.262. The summed E-state index contributed by atoms with van der Waals surface area (Å²) in [5, 5.41) is 19.8. The van der Waals surface area contributed by atoms with Gasteiger partial charge in [-0.05, 0) is 79.0 Å². The van der Waals surface area contributed by atoms with Gasteiger partial charge in [-0.2, -0.15) is 0 Å². The van der Waals surface area contributed by atoms with Crippen molar-refractivity contribution >= 4 is 0 Å². The molecule has 4 atom stereocenters. The molecule has 0 radical (unpaired) electrons. The van der Waals surface area contributed by atoms with Gasteiger partial charge < -0.3 is 14.9 Å². The van der Waals surface area contributed by atoms with Crippen molar-refractivity contribution in [2.75, 3.05) is 13.7 Å². The van der Waals surface area contributed by atoms with Crippen LogP contribution in [0.5, 0.6) is 5.75 Å². The fourth-order valence-corrected chi connectivity index (χ4v) is 4.84. The summed E-state index contributed by atoms with van der Waals surface area (Å²) >= 11 is 0. The van der Waals surface area contributed by atoms with E-state index < -0.39 is 0 Å². The minimum absolute atomic E-state index is 0.122. The van der Waals surface area contributed by atoms with Crippen LogP contribution in [-0.2, 0) is 12.8 Å². The number of hydrogen-bond acceptors (Lipinski definition) is 3. The first kappa shape index (κ1) is 15.8. The number of benzene rings is 1. The maximum atomic E-state index is 10.4. The van der Waals surface area contributed by atoms with Crippen LogP contribution in [-0.4, -0.2) is 30.0 Å². The van der Waals surface area contributed by atoms with Gasteiger partial charge >= 0.3 is 0 Å². The Labute approximate surface area is 133 Å². The molecule has 0 aliphatic heterocycles. The van der Waals surface area contributed by atoms with Gasteiger partial charge in [-0.25, -0.2) is 0 Å². The third-order valence-electron chi connectivity index (χ3n) is 6.26. The average molecular weight is 304 g/mol. The van der Waals surface area contributed by atoms with E-state index in [-0.39, 0.29) is 18.1 Å². The van der Waals surface area contributed by atoms with Gasteiger partial charge in [0.05, 0.1) is 13.2 Å². The largest absolute Gasteiger partial charge is 0.497 e. The highest BCUT2D eigenvalue weighted by Gasteiger charge is 2.48. The first-order valence-corrected chi connectivity index (χ1v) is 8.53. The van der Waals surface area contributed by atoms with E-state index in [2.05, 4.69) is 25.1 Å². The predicted octanol–water partition coefficient (Wildman–Crippen LogP) is 2.96. The van der Waals surface area contributed by atoms with Crippen LogP contribution >= 0.6 is 0 Å². The predicted molar refractivity (Wildman–Crippen MR) is 87.0 cm³/mol. The molecule has 2 aliphatic carbocycles. The molecule has 122 valence electrons. The number of aliphatic hydroxyl groups is 2. The molecule has 22 heavy (non-hydrogen) atoms. The zero-order valence-corrected chi connectivity index (χ0v) is 13.7. The molecule has 1 fully saturated rings. The molecule has 0 bridgehead atoms. The van der Waals surface area contributed by atoms with Crippen LogP contribution in [0.4, 0.5) is 0 Å². The molecule has 3 rings (SSSR count). The van der Waals surface area contributed by atoms with Crippen molar-refractivity contribution in [2.24, 2.45) is 17.3 Å². The lowest BCUT2D eigenvalue weighted by Gasteiger charge is -2.40. The van der Waals surface area contributed by atoms with Crippen molar-refractivity contribution in [1.29, 1.82) is 0 Å². The first-order chi connectivity index (χ1) is 10.6. The second kappa shape index (κ2) is 6.21. The molecule has 1 aromatic rings. The summed E-state index contributed by atoms with van der Waals surface area (Å²) in [7, 11) is 1.72. The minimum Gasteiger partial charge on any atom is -0.497 e. The summed E-state index contributed by atoms with van der Waals surface area (Å²) in [6, 6.07) is 6.43. The lowest BCUT2D eigenvalue weighted by molar-refractivity contribution is -0.000199. The molecule has 0 saturated heterocycles. The lowest BCUT2D eigenvalue weighted by atomic mass is 9.65. The van der Waals surface area contributed by atoms with Crippen molar-refractivity contribution in [1.82, 2.24) is 0 Å². The van der Waals surface area contributed by atoms with Gasteiger partial charge in [-0.3, -0.25) is 0 Å². The Balaban J connectivity index is 1.79. The normalized spacial score (nSPS) is 34.5. The van der Waals surface area contributed by atoms with Gasteiger partial charge in [-0.1, -0.05) is 13.0 Å². The van der Waals surface area contributed by atoms with Gasteiger partial charge in [0, 0.05) is 6.61 Å². The number of aliphatic hydroxyl groups excluding tert-OH is 2. The second-order valence-corrected chi connectivity index (χ2v) is 7.32. The third-order valence-corrected chi connectivity index (χ3v) is 6.26. The molecule has 1 unspecified atom stereocenters. The molecule has 0 spiro atoms. The van der Waals surface area contributed by atoms with Crippen LogP contribution in [0.2, 0.25) is 0 Å². The van der Waals surface area contributed by atoms with E-state index in [1.54, 1.807) is 7.11 Å². The third kappa shape index (κ3) is 2.65. The van der Waals surface area contributed by atoms with Gasteiger partial charge in [0.15, 0.2) is 0 Å². The fraction of sp³-hybridized carbons (Fsp3) is 0.684. The SMILES string of the molecule is COc1ccc2c(c1)CCC([C@@H]1CC[C@@H](O)[C@@]1(C)CCO)C2. The van der Waals surface area contributed by atoms with E-state index in [9.17, 15) is 10.2 Å². The molecular weight excluding hydrogens is 276 g/mol. The fourth-order valence-electron chi connectivity index (χ4n) is 4.84. The molecule has 1 aromatic carbocycles. The number of hydrogen-bond donors (Lipinski definition) is 2. The van der Waals surface area contributed by atoms with Gasteiger partial charge in [0.25, 0.3) is 0 Å². The molecule has 0 heterocycles. The topological polar surface area (TPSA) is 49.7 Å². The van der Waals surface area contributed by atoms with Crippen LogP contribution in [0.25, 0.3) is 0 Å². The maximum absolute atomic E-state index is 10.4. The van der Waals surface area contributed by atoms with Crippen LogP contribution in [0.3, 0.4) is 0 Å². The summed E-state index contributed by atoms with van der Waals surface area (Å²) in [6.07, 6.45) is 5.79. The maximum Gasteiger partial charge on any atom is 0.119 e. The highest BCUT2D eigenvalue weighted by atomic mass is 16.5.